The van der Waals surface area contributed by atoms with Crippen molar-refractivity contribution in [2.75, 3.05) is 31.2 Å². The summed E-state index contributed by atoms with van der Waals surface area (Å²) in [6.07, 6.45) is 3.80. The largest absolute Gasteiger partial charge is 0.348 e. The minimum atomic E-state index is -3.26. The quantitative estimate of drug-likeness (QED) is 0.549. The minimum Gasteiger partial charge on any atom is -0.348 e. The summed E-state index contributed by atoms with van der Waals surface area (Å²) in [5.41, 5.74) is 1.57. The molecule has 2 N–H and O–H groups in total. The molecule has 164 valence electrons. The van der Waals surface area contributed by atoms with E-state index in [2.05, 4.69) is 25.0 Å². The Morgan fingerprint density at radius 1 is 1.35 bits per heavy atom. The van der Waals surface area contributed by atoms with E-state index < -0.39 is 15.8 Å². The molecule has 1 fully saturated rings. The summed E-state index contributed by atoms with van der Waals surface area (Å²) >= 11 is 1.38. The number of nitrogens with zero attached hydrogens (tertiary/aromatic N) is 4. The van der Waals surface area contributed by atoms with E-state index in [9.17, 15) is 17.6 Å². The number of rotatable bonds is 7. The molecule has 9 nitrogen and oxygen atoms in total. The van der Waals surface area contributed by atoms with Crippen molar-refractivity contribution < 1.29 is 17.6 Å². The van der Waals surface area contributed by atoms with Gasteiger partial charge in [0.25, 0.3) is 5.91 Å². The van der Waals surface area contributed by atoms with Crippen molar-refractivity contribution in [3.05, 3.63) is 47.0 Å². The fourth-order valence-corrected chi connectivity index (χ4v) is 4.65. The Bertz CT molecular complexity index is 1230. The zero-order valence-corrected chi connectivity index (χ0v) is 18.5. The number of amides is 1. The van der Waals surface area contributed by atoms with Gasteiger partial charge in [0.15, 0.2) is 5.69 Å². The maximum Gasteiger partial charge on any atom is 0.274 e. The normalized spacial score (nSPS) is 15.6. The number of fused-ring (bicyclic) bond motifs is 1. The number of halogens is 1. The number of carbonyl (C=O) groups excluding carboxylic acids is 1. The highest BCUT2D eigenvalue weighted by Crippen LogP contribution is 2.28. The Hall–Kier alpha value is -2.70. The highest BCUT2D eigenvalue weighted by molar-refractivity contribution is 7.88. The summed E-state index contributed by atoms with van der Waals surface area (Å²) in [5.74, 6) is -0.332. The third kappa shape index (κ3) is 4.97. The molecule has 0 aliphatic carbocycles. The third-order valence-corrected chi connectivity index (χ3v) is 6.56. The number of sulfonamides is 1. The maximum absolute atomic E-state index is 13.5. The molecule has 4 rings (SSSR count). The molecule has 31 heavy (non-hydrogen) atoms. The van der Waals surface area contributed by atoms with E-state index in [1.807, 2.05) is 18.4 Å². The van der Waals surface area contributed by atoms with Gasteiger partial charge in [-0.2, -0.15) is 0 Å². The number of thiophene rings is 1. The average Bonchev–Trinajstić information content (AvgIpc) is 3.13. The van der Waals surface area contributed by atoms with Crippen molar-refractivity contribution in [3.63, 3.8) is 0 Å². The molecule has 12 heteroatoms. The van der Waals surface area contributed by atoms with Crippen LogP contribution in [0.1, 0.15) is 29.0 Å². The number of likely N-dealkylation sites (tertiary alicyclic amines) is 1. The molecular formula is C19H21FN6O3S2. The molecule has 1 aliphatic heterocycles. The third-order valence-electron chi connectivity index (χ3n) is 4.96. The highest BCUT2D eigenvalue weighted by atomic mass is 32.2. The number of nitrogens with one attached hydrogen (secondary N) is 2. The molecule has 0 aromatic carbocycles. The molecule has 0 unspecified atom stereocenters. The number of aromatic nitrogens is 3. The van der Waals surface area contributed by atoms with Crippen molar-refractivity contribution >= 4 is 43.4 Å². The van der Waals surface area contributed by atoms with Gasteiger partial charge in [0.05, 0.1) is 28.7 Å². The van der Waals surface area contributed by atoms with E-state index in [0.29, 0.717) is 41.1 Å². The lowest BCUT2D eigenvalue weighted by Crippen LogP contribution is -2.53. The molecule has 1 saturated heterocycles. The molecule has 1 amide bonds. The predicted molar refractivity (Wildman–Crippen MR) is 116 cm³/mol. The molecule has 0 radical (unpaired) electrons. The van der Waals surface area contributed by atoms with Crippen LogP contribution in [0.15, 0.2) is 29.9 Å². The number of pyridine rings is 1. The van der Waals surface area contributed by atoms with Crippen LogP contribution in [0.3, 0.4) is 0 Å². The van der Waals surface area contributed by atoms with Gasteiger partial charge >= 0.3 is 0 Å². The van der Waals surface area contributed by atoms with Crippen LogP contribution in [-0.4, -0.2) is 60.1 Å². The second-order valence-electron chi connectivity index (χ2n) is 7.53. The second kappa shape index (κ2) is 8.44. The fraction of sp³-hybridized carbons (Fsp3) is 0.368. The van der Waals surface area contributed by atoms with Gasteiger partial charge in [-0.3, -0.25) is 9.78 Å². The van der Waals surface area contributed by atoms with Gasteiger partial charge in [0, 0.05) is 31.7 Å². The van der Waals surface area contributed by atoms with E-state index in [-0.39, 0.29) is 23.8 Å². The number of carbonyl (C=O) groups is 1. The van der Waals surface area contributed by atoms with Gasteiger partial charge in [0.1, 0.15) is 5.82 Å². The first-order chi connectivity index (χ1) is 14.7. The van der Waals surface area contributed by atoms with E-state index in [1.165, 1.54) is 17.4 Å². The smallest absolute Gasteiger partial charge is 0.274 e. The van der Waals surface area contributed by atoms with Crippen LogP contribution < -0.4 is 10.0 Å². The lowest BCUT2D eigenvalue weighted by molar-refractivity contribution is 0.0506. The Labute approximate surface area is 182 Å². The van der Waals surface area contributed by atoms with Crippen LogP contribution in [0.2, 0.25) is 0 Å². The molecule has 3 aromatic heterocycles. The average molecular weight is 465 g/mol. The van der Waals surface area contributed by atoms with Crippen LogP contribution in [0.5, 0.6) is 0 Å². The van der Waals surface area contributed by atoms with Crippen LogP contribution >= 0.6 is 11.3 Å². The van der Waals surface area contributed by atoms with Crippen LogP contribution in [0.4, 0.5) is 10.3 Å². The first-order valence-corrected chi connectivity index (χ1v) is 12.3. The van der Waals surface area contributed by atoms with Crippen molar-refractivity contribution in [1.82, 2.24) is 24.6 Å². The standard InChI is InChI=1S/C19H21FN6O3S2/c1-11(13-5-14(20)8-21-7-13)23-19-24-15-3-4-30-17(15)16(25-19)18(27)26-9-12(10-26)6-22-31(2,28)29/h3-5,7-8,11-12,22H,6,9-10H2,1-2H3,(H,23,24,25)/t11-/m0/s1. The summed E-state index contributed by atoms with van der Waals surface area (Å²) < 4.78 is 39.1. The molecule has 1 aliphatic rings. The van der Waals surface area contributed by atoms with Crippen LogP contribution in [0.25, 0.3) is 10.2 Å². The molecule has 0 spiro atoms. The van der Waals surface area contributed by atoms with Gasteiger partial charge in [-0.15, -0.1) is 11.3 Å². The summed E-state index contributed by atoms with van der Waals surface area (Å²) in [5, 5.41) is 4.95. The number of hydrogen-bond acceptors (Lipinski definition) is 8. The zero-order valence-electron chi connectivity index (χ0n) is 16.9. The number of hydrogen-bond donors (Lipinski definition) is 2. The lowest BCUT2D eigenvalue weighted by atomic mass is 10.00. The predicted octanol–water partition coefficient (Wildman–Crippen LogP) is 2.02. The van der Waals surface area contributed by atoms with Crippen LogP contribution in [-0.2, 0) is 10.0 Å². The first kappa shape index (κ1) is 21.5. The molecular weight excluding hydrogens is 443 g/mol. The zero-order chi connectivity index (χ0) is 22.2. The Morgan fingerprint density at radius 3 is 2.84 bits per heavy atom. The fourth-order valence-electron chi connectivity index (χ4n) is 3.30. The highest BCUT2D eigenvalue weighted by Gasteiger charge is 2.33. The molecule has 0 bridgehead atoms. The second-order valence-corrected chi connectivity index (χ2v) is 10.3. The van der Waals surface area contributed by atoms with E-state index in [1.54, 1.807) is 11.1 Å². The van der Waals surface area contributed by atoms with Crippen molar-refractivity contribution in [2.45, 2.75) is 13.0 Å². The van der Waals surface area contributed by atoms with Gasteiger partial charge in [-0.05, 0) is 30.0 Å². The van der Waals surface area contributed by atoms with Crippen LogP contribution in [0, 0.1) is 11.7 Å². The summed E-state index contributed by atoms with van der Waals surface area (Å²) in [6, 6.07) is 2.87. The topological polar surface area (TPSA) is 117 Å². The molecule has 1 atom stereocenters. The SMILES string of the molecule is C[C@H](Nc1nc(C(=O)N2CC(CNS(C)(=O)=O)C2)c2sccc2n1)c1cncc(F)c1. The molecule has 0 saturated carbocycles. The van der Waals surface area contributed by atoms with Crippen molar-refractivity contribution in [1.29, 1.82) is 0 Å². The first-order valence-electron chi connectivity index (χ1n) is 9.56. The van der Waals surface area contributed by atoms with E-state index in [0.717, 1.165) is 12.5 Å². The lowest BCUT2D eigenvalue weighted by Gasteiger charge is -2.39. The minimum absolute atomic E-state index is 0.0671. The van der Waals surface area contributed by atoms with Gasteiger partial charge < -0.3 is 10.2 Å². The van der Waals surface area contributed by atoms with E-state index in [4.69, 9.17) is 0 Å². The maximum atomic E-state index is 13.5. The van der Waals surface area contributed by atoms with Gasteiger partial charge in [-0.25, -0.2) is 27.5 Å². The van der Waals surface area contributed by atoms with Crippen molar-refractivity contribution in [2.24, 2.45) is 5.92 Å². The van der Waals surface area contributed by atoms with Gasteiger partial charge in [-0.1, -0.05) is 0 Å². The Morgan fingerprint density at radius 2 is 2.13 bits per heavy atom. The van der Waals surface area contributed by atoms with E-state index >= 15 is 0 Å². The Balaban J connectivity index is 1.50. The summed E-state index contributed by atoms with van der Waals surface area (Å²) in [4.78, 5) is 27.5. The number of anilines is 1. The van der Waals surface area contributed by atoms with Crippen molar-refractivity contribution in [3.8, 4) is 0 Å². The summed E-state index contributed by atoms with van der Waals surface area (Å²) in [6.45, 7) is 3.03. The Kier molecular flexibility index (Phi) is 5.86. The molecule has 3 aromatic rings. The summed E-state index contributed by atoms with van der Waals surface area (Å²) in [7, 11) is -3.26. The molecule has 4 heterocycles. The van der Waals surface area contributed by atoms with Gasteiger partial charge in [0.2, 0.25) is 16.0 Å². The monoisotopic (exact) mass is 464 g/mol.